The van der Waals surface area contributed by atoms with Gasteiger partial charge in [-0.3, -0.25) is 4.57 Å². The Hall–Kier alpha value is -3.17. The van der Waals surface area contributed by atoms with Gasteiger partial charge < -0.3 is 14.2 Å². The number of nitrogens with zero attached hydrogens (tertiary/aromatic N) is 6. The predicted octanol–water partition coefficient (Wildman–Crippen LogP) is 3.75. The Morgan fingerprint density at radius 1 is 1.00 bits per heavy atom. The van der Waals surface area contributed by atoms with Gasteiger partial charge in [0.2, 0.25) is 5.95 Å². The molecule has 5 rings (SSSR count). The van der Waals surface area contributed by atoms with Gasteiger partial charge in [0.05, 0.1) is 24.7 Å². The van der Waals surface area contributed by atoms with Crippen LogP contribution in [-0.4, -0.2) is 51.2 Å². The molecule has 158 valence electrons. The monoisotopic (exact) mass is 434 g/mol. The number of thioether (sulfide) groups is 1. The van der Waals surface area contributed by atoms with Crippen LogP contribution in [-0.2, 0) is 10.5 Å². The van der Waals surface area contributed by atoms with E-state index in [4.69, 9.17) is 9.26 Å². The highest BCUT2D eigenvalue weighted by molar-refractivity contribution is 7.98. The van der Waals surface area contributed by atoms with E-state index in [9.17, 15) is 0 Å². The van der Waals surface area contributed by atoms with Gasteiger partial charge in [0.1, 0.15) is 0 Å². The summed E-state index contributed by atoms with van der Waals surface area (Å²) in [6, 6.07) is 18.1. The number of benzene rings is 2. The fraction of sp³-hybridized carbons (Fsp3) is 0.273. The minimum atomic E-state index is 0.519. The number of ether oxygens (including phenoxy) is 1. The van der Waals surface area contributed by atoms with E-state index in [1.165, 1.54) is 5.56 Å². The maximum atomic E-state index is 5.51. The maximum Gasteiger partial charge on any atom is 0.257 e. The molecule has 1 aliphatic rings. The summed E-state index contributed by atoms with van der Waals surface area (Å²) in [7, 11) is 0. The maximum absolute atomic E-state index is 5.51. The minimum Gasteiger partial charge on any atom is -0.378 e. The van der Waals surface area contributed by atoms with Crippen molar-refractivity contribution < 1.29 is 9.26 Å². The number of morpholine rings is 1. The number of hydrogen-bond acceptors (Lipinski definition) is 8. The summed E-state index contributed by atoms with van der Waals surface area (Å²) in [4.78, 5) is 6.74. The van der Waals surface area contributed by atoms with Crippen LogP contribution in [0.1, 0.15) is 11.4 Å². The van der Waals surface area contributed by atoms with Gasteiger partial charge in [-0.1, -0.05) is 47.3 Å². The molecule has 31 heavy (non-hydrogen) atoms. The summed E-state index contributed by atoms with van der Waals surface area (Å²) in [6.07, 6.45) is 0. The fourth-order valence-corrected chi connectivity index (χ4v) is 4.25. The van der Waals surface area contributed by atoms with Gasteiger partial charge >= 0.3 is 0 Å². The first-order chi connectivity index (χ1) is 15.3. The van der Waals surface area contributed by atoms with Gasteiger partial charge in [-0.25, -0.2) is 0 Å². The van der Waals surface area contributed by atoms with Crippen LogP contribution in [0, 0.1) is 6.92 Å². The second-order valence-corrected chi connectivity index (χ2v) is 8.17. The van der Waals surface area contributed by atoms with Crippen LogP contribution in [0.2, 0.25) is 0 Å². The lowest BCUT2D eigenvalue weighted by molar-refractivity contribution is 0.122. The molecular weight excluding hydrogens is 412 g/mol. The highest BCUT2D eigenvalue weighted by Crippen LogP contribution is 2.29. The topological polar surface area (TPSA) is 82.1 Å². The smallest absolute Gasteiger partial charge is 0.257 e. The molecule has 8 nitrogen and oxygen atoms in total. The second kappa shape index (κ2) is 8.91. The van der Waals surface area contributed by atoms with Crippen molar-refractivity contribution in [2.75, 3.05) is 31.2 Å². The Balaban J connectivity index is 1.41. The van der Waals surface area contributed by atoms with E-state index < -0.39 is 0 Å². The van der Waals surface area contributed by atoms with Crippen LogP contribution in [0.15, 0.2) is 64.3 Å². The highest BCUT2D eigenvalue weighted by Gasteiger charge is 2.22. The molecule has 1 aliphatic heterocycles. The van der Waals surface area contributed by atoms with Crippen LogP contribution in [0.3, 0.4) is 0 Å². The van der Waals surface area contributed by atoms with Gasteiger partial charge in [-0.2, -0.15) is 4.98 Å². The van der Waals surface area contributed by atoms with Gasteiger partial charge in [-0.15, -0.1) is 10.2 Å². The Morgan fingerprint density at radius 2 is 1.84 bits per heavy atom. The van der Waals surface area contributed by atoms with Crippen LogP contribution in [0.5, 0.6) is 0 Å². The van der Waals surface area contributed by atoms with Crippen molar-refractivity contribution in [3.8, 4) is 17.1 Å². The Kier molecular flexibility index (Phi) is 5.68. The lowest BCUT2D eigenvalue weighted by Gasteiger charge is -2.28. The first-order valence-electron chi connectivity index (χ1n) is 10.1. The number of aryl methyl sites for hydroxylation is 1. The van der Waals surface area contributed by atoms with Gasteiger partial charge in [-0.05, 0) is 36.8 Å². The lowest BCUT2D eigenvalue weighted by Crippen LogP contribution is -2.37. The number of rotatable bonds is 6. The van der Waals surface area contributed by atoms with E-state index in [0.717, 1.165) is 35.4 Å². The molecule has 0 N–H and O–H groups in total. The first-order valence-corrected chi connectivity index (χ1v) is 11.1. The molecule has 2 aromatic carbocycles. The van der Waals surface area contributed by atoms with E-state index in [1.54, 1.807) is 11.8 Å². The van der Waals surface area contributed by atoms with Crippen molar-refractivity contribution in [2.45, 2.75) is 17.8 Å². The molecule has 2 aromatic heterocycles. The highest BCUT2D eigenvalue weighted by atomic mass is 32.2. The second-order valence-electron chi connectivity index (χ2n) is 7.23. The normalized spacial score (nSPS) is 14.2. The first kappa shape index (κ1) is 19.8. The zero-order valence-electron chi connectivity index (χ0n) is 17.1. The summed E-state index contributed by atoms with van der Waals surface area (Å²) >= 11 is 1.54. The number of hydrogen-bond donors (Lipinski definition) is 0. The number of aromatic nitrogens is 5. The van der Waals surface area contributed by atoms with E-state index in [1.807, 2.05) is 36.4 Å². The molecule has 0 aliphatic carbocycles. The quantitative estimate of drug-likeness (QED) is 0.424. The summed E-state index contributed by atoms with van der Waals surface area (Å²) in [5.41, 5.74) is 3.12. The van der Waals surface area contributed by atoms with Gasteiger partial charge in [0.15, 0.2) is 11.0 Å². The van der Waals surface area contributed by atoms with E-state index in [2.05, 4.69) is 54.9 Å². The van der Waals surface area contributed by atoms with Crippen LogP contribution in [0.4, 0.5) is 5.95 Å². The zero-order valence-corrected chi connectivity index (χ0v) is 18.0. The molecule has 3 heterocycles. The standard InChI is InChI=1S/C22H22N6O2S/c1-16-6-5-9-18(14-16)28-21(27-10-12-29-13-11-27)24-25-22(28)31-15-19-23-20(30-26-19)17-7-3-2-4-8-17/h2-9,14H,10-13,15H2,1H3. The molecule has 0 unspecified atom stereocenters. The molecule has 0 spiro atoms. The Morgan fingerprint density at radius 3 is 2.65 bits per heavy atom. The molecule has 0 bridgehead atoms. The van der Waals surface area contributed by atoms with Gasteiger partial charge in [0, 0.05) is 18.7 Å². The lowest BCUT2D eigenvalue weighted by atomic mass is 10.2. The molecule has 1 fully saturated rings. The largest absolute Gasteiger partial charge is 0.378 e. The molecule has 0 amide bonds. The summed E-state index contributed by atoms with van der Waals surface area (Å²) < 4.78 is 13.0. The Labute approximate surface area is 184 Å². The third-order valence-corrected chi connectivity index (χ3v) is 5.91. The van der Waals surface area contributed by atoms with Crippen LogP contribution in [0.25, 0.3) is 17.1 Å². The van der Waals surface area contributed by atoms with Crippen molar-refractivity contribution in [3.63, 3.8) is 0 Å². The molecule has 9 heteroatoms. The van der Waals surface area contributed by atoms with Crippen molar-refractivity contribution in [1.82, 2.24) is 24.9 Å². The average molecular weight is 435 g/mol. The van der Waals surface area contributed by atoms with Crippen molar-refractivity contribution in [1.29, 1.82) is 0 Å². The molecular formula is C22H22N6O2S. The van der Waals surface area contributed by atoms with Crippen molar-refractivity contribution >= 4 is 17.7 Å². The minimum absolute atomic E-state index is 0.519. The third-order valence-electron chi connectivity index (χ3n) is 4.99. The summed E-state index contributed by atoms with van der Waals surface area (Å²) in [5, 5.41) is 13.9. The van der Waals surface area contributed by atoms with E-state index in [-0.39, 0.29) is 0 Å². The van der Waals surface area contributed by atoms with Crippen molar-refractivity contribution in [3.05, 3.63) is 66.0 Å². The molecule has 0 radical (unpaired) electrons. The summed E-state index contributed by atoms with van der Waals surface area (Å²) in [6.45, 7) is 5.04. The fourth-order valence-electron chi connectivity index (χ4n) is 3.46. The van der Waals surface area contributed by atoms with Crippen LogP contribution < -0.4 is 4.90 Å². The third kappa shape index (κ3) is 4.33. The molecule has 4 aromatic rings. The van der Waals surface area contributed by atoms with Crippen molar-refractivity contribution in [2.24, 2.45) is 0 Å². The summed E-state index contributed by atoms with van der Waals surface area (Å²) in [5.74, 6) is 2.50. The van der Waals surface area contributed by atoms with E-state index >= 15 is 0 Å². The SMILES string of the molecule is Cc1cccc(-n2c(SCc3noc(-c4ccccc4)n3)nnc2N2CCOCC2)c1. The van der Waals surface area contributed by atoms with E-state index in [0.29, 0.717) is 30.7 Å². The Bertz CT molecular complexity index is 1150. The average Bonchev–Trinajstić information content (AvgIpc) is 3.46. The van der Waals surface area contributed by atoms with Crippen LogP contribution >= 0.6 is 11.8 Å². The molecule has 0 saturated carbocycles. The molecule has 0 atom stereocenters. The zero-order chi connectivity index (χ0) is 21.0. The van der Waals surface area contributed by atoms with Gasteiger partial charge in [0.25, 0.3) is 5.89 Å². The molecule has 1 saturated heterocycles. The predicted molar refractivity (Wildman–Crippen MR) is 118 cm³/mol. The number of anilines is 1.